The van der Waals surface area contributed by atoms with Crippen molar-refractivity contribution in [2.24, 2.45) is 0 Å². The van der Waals surface area contributed by atoms with Crippen molar-refractivity contribution in [3.63, 3.8) is 0 Å². The maximum Gasteiger partial charge on any atom is 0.126 e. The van der Waals surface area contributed by atoms with Gasteiger partial charge in [0.15, 0.2) is 0 Å². The van der Waals surface area contributed by atoms with Crippen molar-refractivity contribution in [3.05, 3.63) is 59.2 Å². The van der Waals surface area contributed by atoms with Gasteiger partial charge in [-0.1, -0.05) is 0 Å². The Bertz CT molecular complexity index is 782. The number of alkyl halides is 2. The van der Waals surface area contributed by atoms with Gasteiger partial charge in [-0.15, -0.1) is 23.2 Å². The first-order valence-electron chi connectivity index (χ1n) is 9.79. The Balaban J connectivity index is 0.000000171. The van der Waals surface area contributed by atoms with E-state index in [1.165, 1.54) is 24.3 Å². The number of benzene rings is 2. The summed E-state index contributed by atoms with van der Waals surface area (Å²) in [6.07, 6.45) is 0.891. The molecule has 2 aromatic rings. The van der Waals surface area contributed by atoms with Crippen LogP contribution in [-0.2, 0) is 12.8 Å². The molecule has 0 saturated heterocycles. The quantitative estimate of drug-likeness (QED) is 0.669. The van der Waals surface area contributed by atoms with Crippen molar-refractivity contribution in [2.75, 3.05) is 11.8 Å². The molecule has 0 aromatic heterocycles. The highest BCUT2D eigenvalue weighted by Gasteiger charge is 2.26. The molecule has 0 aliphatic carbocycles. The lowest BCUT2D eigenvalue weighted by molar-refractivity contribution is 0.0377. The van der Waals surface area contributed by atoms with Gasteiger partial charge in [0.1, 0.15) is 47.5 Å². The van der Waals surface area contributed by atoms with Gasteiger partial charge in [-0.3, -0.25) is 0 Å². The molecule has 0 bridgehead atoms. The molecule has 0 fully saturated rings. The van der Waals surface area contributed by atoms with Gasteiger partial charge in [0.25, 0.3) is 0 Å². The number of fused-ring (bicyclic) bond motifs is 2. The molecule has 2 aliphatic heterocycles. The first-order chi connectivity index (χ1) is 14.4. The molecule has 2 aromatic carbocycles. The van der Waals surface area contributed by atoms with E-state index in [2.05, 4.69) is 0 Å². The van der Waals surface area contributed by atoms with Crippen LogP contribution in [0.1, 0.15) is 24.0 Å². The average Bonchev–Trinajstić information content (AvgIpc) is 2.77. The highest BCUT2D eigenvalue weighted by Crippen LogP contribution is 2.30. The van der Waals surface area contributed by atoms with E-state index in [4.69, 9.17) is 32.7 Å². The molecule has 2 heterocycles. The molecule has 164 valence electrons. The van der Waals surface area contributed by atoms with Crippen LogP contribution in [0.3, 0.4) is 0 Å². The number of rotatable bonds is 4. The summed E-state index contributed by atoms with van der Waals surface area (Å²) in [4.78, 5) is 0. The Morgan fingerprint density at radius 1 is 0.800 bits per heavy atom. The molecule has 0 spiro atoms. The number of aliphatic hydroxyl groups excluding tert-OH is 2. The predicted octanol–water partition coefficient (Wildman–Crippen LogP) is 4.24. The van der Waals surface area contributed by atoms with Crippen molar-refractivity contribution >= 4 is 23.2 Å². The fraction of sp³-hybridized carbons (Fsp3) is 0.455. The lowest BCUT2D eigenvalue weighted by atomic mass is 9.99. The molecule has 0 saturated carbocycles. The van der Waals surface area contributed by atoms with E-state index in [0.29, 0.717) is 37.2 Å². The smallest absolute Gasteiger partial charge is 0.126 e. The number of aliphatic hydroxyl groups is 2. The highest BCUT2D eigenvalue weighted by molar-refractivity contribution is 6.18. The normalized spacial score (nSPS) is 21.7. The van der Waals surface area contributed by atoms with Crippen molar-refractivity contribution in [3.8, 4) is 11.5 Å². The first-order valence-corrected chi connectivity index (χ1v) is 10.9. The van der Waals surface area contributed by atoms with E-state index in [-0.39, 0.29) is 35.6 Å². The van der Waals surface area contributed by atoms with Crippen LogP contribution in [0.5, 0.6) is 11.5 Å². The molecule has 8 heteroatoms. The van der Waals surface area contributed by atoms with Crippen molar-refractivity contribution < 1.29 is 28.5 Å². The molecule has 2 aliphatic rings. The second-order valence-electron chi connectivity index (χ2n) is 7.34. The molecule has 4 atom stereocenters. The standard InChI is InChI=1S/2C11H12ClFO2/c2*12-6-9(14)11-3-1-7-5-8(13)2-4-10(7)15-11/h2*2,4-5,9,11,14H,1,3,6H2/t9-,11+;9-,11-/m01/s1. The summed E-state index contributed by atoms with van der Waals surface area (Å²) in [5.41, 5.74) is 1.71. The Morgan fingerprint density at radius 3 is 1.57 bits per heavy atom. The molecular formula is C22H24Cl2F2O4. The van der Waals surface area contributed by atoms with Crippen LogP contribution >= 0.6 is 23.2 Å². The van der Waals surface area contributed by atoms with Crippen LogP contribution < -0.4 is 9.47 Å². The Labute approximate surface area is 184 Å². The Morgan fingerprint density at radius 2 is 1.20 bits per heavy atom. The van der Waals surface area contributed by atoms with Gasteiger partial charge < -0.3 is 19.7 Å². The molecule has 4 nitrogen and oxygen atoms in total. The number of hydrogen-bond acceptors (Lipinski definition) is 4. The van der Waals surface area contributed by atoms with Gasteiger partial charge in [-0.2, -0.15) is 0 Å². The summed E-state index contributed by atoms with van der Waals surface area (Å²) in [5.74, 6) is 1.10. The van der Waals surface area contributed by atoms with Crippen LogP contribution in [0.25, 0.3) is 0 Å². The van der Waals surface area contributed by atoms with E-state index in [9.17, 15) is 19.0 Å². The van der Waals surface area contributed by atoms with Gasteiger partial charge in [0.05, 0.1) is 11.8 Å². The zero-order valence-electron chi connectivity index (χ0n) is 16.2. The maximum absolute atomic E-state index is 12.9. The number of hydrogen-bond donors (Lipinski definition) is 2. The third kappa shape index (κ3) is 5.76. The SMILES string of the molecule is O[C@@H](CCl)[C@H]1CCc2cc(F)ccc2O1.O[C@H](CCl)[C@H]1CCc2cc(F)ccc2O1. The second-order valence-corrected chi connectivity index (χ2v) is 7.95. The number of ether oxygens (including phenoxy) is 2. The third-order valence-electron chi connectivity index (χ3n) is 5.17. The van der Waals surface area contributed by atoms with Crippen LogP contribution in [-0.4, -0.2) is 46.4 Å². The van der Waals surface area contributed by atoms with Gasteiger partial charge in [0.2, 0.25) is 0 Å². The van der Waals surface area contributed by atoms with E-state index in [1.807, 2.05) is 0 Å². The van der Waals surface area contributed by atoms with Gasteiger partial charge in [-0.05, 0) is 73.2 Å². The minimum Gasteiger partial charge on any atom is -0.487 e. The summed E-state index contributed by atoms with van der Waals surface area (Å²) in [6, 6.07) is 8.84. The Kier molecular flexibility index (Phi) is 8.17. The molecular weight excluding hydrogens is 437 g/mol. The molecule has 2 N–H and O–H groups in total. The second kappa shape index (κ2) is 10.6. The minimum absolute atomic E-state index is 0.154. The summed E-state index contributed by atoms with van der Waals surface area (Å²) in [7, 11) is 0. The number of aryl methyl sites for hydroxylation is 2. The van der Waals surface area contributed by atoms with Crippen LogP contribution in [0.4, 0.5) is 8.78 Å². The molecule has 0 unspecified atom stereocenters. The van der Waals surface area contributed by atoms with Gasteiger partial charge >= 0.3 is 0 Å². The third-order valence-corrected chi connectivity index (χ3v) is 5.81. The monoisotopic (exact) mass is 460 g/mol. The van der Waals surface area contributed by atoms with Crippen LogP contribution in [0.15, 0.2) is 36.4 Å². The molecule has 4 rings (SSSR count). The first kappa shape index (κ1) is 23.1. The van der Waals surface area contributed by atoms with Crippen molar-refractivity contribution in [1.82, 2.24) is 0 Å². The lowest BCUT2D eigenvalue weighted by Gasteiger charge is -2.28. The summed E-state index contributed by atoms with van der Waals surface area (Å²) >= 11 is 11.1. The lowest BCUT2D eigenvalue weighted by Crippen LogP contribution is -2.36. The summed E-state index contributed by atoms with van der Waals surface area (Å²) in [6.45, 7) is 0. The topological polar surface area (TPSA) is 58.9 Å². The maximum atomic E-state index is 12.9. The van der Waals surface area contributed by atoms with E-state index < -0.39 is 12.2 Å². The number of halogens is 4. The minimum atomic E-state index is -0.662. The zero-order valence-corrected chi connectivity index (χ0v) is 17.8. The van der Waals surface area contributed by atoms with Gasteiger partial charge in [-0.25, -0.2) is 8.78 Å². The van der Waals surface area contributed by atoms with Gasteiger partial charge in [0, 0.05) is 0 Å². The van der Waals surface area contributed by atoms with E-state index in [0.717, 1.165) is 11.1 Å². The van der Waals surface area contributed by atoms with E-state index >= 15 is 0 Å². The largest absolute Gasteiger partial charge is 0.487 e. The average molecular weight is 461 g/mol. The molecule has 0 radical (unpaired) electrons. The molecule has 0 amide bonds. The van der Waals surface area contributed by atoms with Crippen LogP contribution in [0, 0.1) is 11.6 Å². The van der Waals surface area contributed by atoms with Crippen molar-refractivity contribution in [1.29, 1.82) is 0 Å². The highest BCUT2D eigenvalue weighted by atomic mass is 35.5. The predicted molar refractivity (Wildman–Crippen MR) is 112 cm³/mol. The molecule has 30 heavy (non-hydrogen) atoms. The van der Waals surface area contributed by atoms with Crippen LogP contribution in [0.2, 0.25) is 0 Å². The summed E-state index contributed by atoms with van der Waals surface area (Å²) < 4.78 is 36.9. The fourth-order valence-electron chi connectivity index (χ4n) is 3.50. The summed E-state index contributed by atoms with van der Waals surface area (Å²) in [5, 5.41) is 19.1. The fourth-order valence-corrected chi connectivity index (χ4v) is 3.89. The van der Waals surface area contributed by atoms with E-state index in [1.54, 1.807) is 12.1 Å². The zero-order chi connectivity index (χ0) is 21.7. The van der Waals surface area contributed by atoms with Crippen molar-refractivity contribution in [2.45, 2.75) is 50.1 Å². The Hall–Kier alpha value is -1.60.